The van der Waals surface area contributed by atoms with Gasteiger partial charge in [0.05, 0.1) is 11.5 Å². The predicted molar refractivity (Wildman–Crippen MR) is 96.4 cm³/mol. The number of alkyl halides is 3. The smallest absolute Gasteiger partial charge is 0.326 e. The second kappa shape index (κ2) is 7.06. The van der Waals surface area contributed by atoms with E-state index in [9.17, 15) is 22.8 Å². The first-order valence-corrected chi connectivity index (χ1v) is 8.51. The van der Waals surface area contributed by atoms with Crippen molar-refractivity contribution in [2.24, 2.45) is 5.92 Å². The first-order valence-electron chi connectivity index (χ1n) is 8.51. The fourth-order valence-electron chi connectivity index (χ4n) is 3.21. The monoisotopic (exact) mass is 376 g/mol. The zero-order chi connectivity index (χ0) is 19.8. The number of benzene rings is 2. The molecule has 2 aromatic rings. The lowest BCUT2D eigenvalue weighted by atomic mass is 10.1. The van der Waals surface area contributed by atoms with E-state index in [1.54, 1.807) is 4.90 Å². The molecule has 27 heavy (non-hydrogen) atoms. The van der Waals surface area contributed by atoms with E-state index >= 15 is 0 Å². The highest BCUT2D eigenvalue weighted by molar-refractivity contribution is 6.03. The van der Waals surface area contributed by atoms with Crippen LogP contribution in [-0.4, -0.2) is 18.4 Å². The molecular formula is C20H19F3N2O2. The van der Waals surface area contributed by atoms with Gasteiger partial charge in [0.15, 0.2) is 0 Å². The number of anilines is 2. The molecule has 3 rings (SSSR count). The van der Waals surface area contributed by atoms with Gasteiger partial charge in [-0.3, -0.25) is 9.59 Å². The summed E-state index contributed by atoms with van der Waals surface area (Å²) in [5.41, 5.74) is 2.30. The van der Waals surface area contributed by atoms with Crippen LogP contribution in [0.4, 0.5) is 24.5 Å². The van der Waals surface area contributed by atoms with Crippen molar-refractivity contribution in [3.05, 3.63) is 59.2 Å². The van der Waals surface area contributed by atoms with Gasteiger partial charge < -0.3 is 10.2 Å². The molecule has 7 heteroatoms. The Balaban J connectivity index is 1.69. The summed E-state index contributed by atoms with van der Waals surface area (Å²) in [4.78, 5) is 26.4. The lowest BCUT2D eigenvalue weighted by Gasteiger charge is -2.19. The van der Waals surface area contributed by atoms with Crippen LogP contribution in [0.25, 0.3) is 0 Å². The highest BCUT2D eigenvalue weighted by Crippen LogP contribution is 2.31. The minimum absolute atomic E-state index is 0.0692. The van der Waals surface area contributed by atoms with Crippen molar-refractivity contribution in [3.63, 3.8) is 0 Å². The zero-order valence-electron chi connectivity index (χ0n) is 14.9. The maximum Gasteiger partial charge on any atom is 0.416 e. The van der Waals surface area contributed by atoms with Gasteiger partial charge in [0, 0.05) is 24.3 Å². The number of carbonyl (C=O) groups excluding carboxylic acids is 2. The number of hydrogen-bond acceptors (Lipinski definition) is 2. The zero-order valence-corrected chi connectivity index (χ0v) is 14.9. The molecule has 0 spiro atoms. The van der Waals surface area contributed by atoms with E-state index in [1.807, 2.05) is 32.0 Å². The van der Waals surface area contributed by atoms with Crippen molar-refractivity contribution >= 4 is 23.2 Å². The molecule has 1 atom stereocenters. The van der Waals surface area contributed by atoms with Crippen LogP contribution in [0.2, 0.25) is 0 Å². The van der Waals surface area contributed by atoms with Crippen molar-refractivity contribution in [1.29, 1.82) is 0 Å². The number of halogens is 3. The van der Waals surface area contributed by atoms with E-state index in [4.69, 9.17) is 0 Å². The maximum absolute atomic E-state index is 12.6. The molecule has 1 aliphatic rings. The van der Waals surface area contributed by atoms with E-state index in [-0.39, 0.29) is 30.5 Å². The standard InChI is InChI=1S/C20H19F3N2O2/c1-12-3-8-17(13(2)9-12)25-11-14(10-18(25)26)19(27)24-16-6-4-15(5-7-16)20(21,22)23/h3-9,14H,10-11H2,1-2H3,(H,24,27). The molecule has 1 fully saturated rings. The first-order chi connectivity index (χ1) is 12.6. The third-order valence-corrected chi connectivity index (χ3v) is 4.62. The first kappa shape index (κ1) is 18.9. The molecule has 1 N–H and O–H groups in total. The molecule has 1 saturated heterocycles. The fourth-order valence-corrected chi connectivity index (χ4v) is 3.21. The van der Waals surface area contributed by atoms with Gasteiger partial charge in [-0.15, -0.1) is 0 Å². The van der Waals surface area contributed by atoms with Crippen LogP contribution in [0.15, 0.2) is 42.5 Å². The molecule has 0 saturated carbocycles. The molecular weight excluding hydrogens is 357 g/mol. The third-order valence-electron chi connectivity index (χ3n) is 4.62. The van der Waals surface area contributed by atoms with Crippen molar-refractivity contribution in [2.45, 2.75) is 26.4 Å². The van der Waals surface area contributed by atoms with Gasteiger partial charge in [0.25, 0.3) is 0 Å². The second-order valence-electron chi connectivity index (χ2n) is 6.76. The van der Waals surface area contributed by atoms with Gasteiger partial charge in [0.2, 0.25) is 11.8 Å². The molecule has 1 unspecified atom stereocenters. The molecule has 142 valence electrons. The average Bonchev–Trinajstić information content (AvgIpc) is 2.96. The second-order valence-corrected chi connectivity index (χ2v) is 6.76. The molecule has 1 heterocycles. The predicted octanol–water partition coefficient (Wildman–Crippen LogP) is 4.31. The topological polar surface area (TPSA) is 49.4 Å². The van der Waals surface area contributed by atoms with Crippen molar-refractivity contribution in [1.82, 2.24) is 0 Å². The highest BCUT2D eigenvalue weighted by atomic mass is 19.4. The Morgan fingerprint density at radius 3 is 2.37 bits per heavy atom. The van der Waals surface area contributed by atoms with Crippen LogP contribution < -0.4 is 10.2 Å². The maximum atomic E-state index is 12.6. The van der Waals surface area contributed by atoms with E-state index in [0.717, 1.165) is 28.9 Å². The molecule has 4 nitrogen and oxygen atoms in total. The Kier molecular flexibility index (Phi) is 4.95. The molecule has 0 radical (unpaired) electrons. The van der Waals surface area contributed by atoms with E-state index in [1.165, 1.54) is 12.1 Å². The van der Waals surface area contributed by atoms with Gasteiger partial charge in [0.1, 0.15) is 0 Å². The van der Waals surface area contributed by atoms with Crippen molar-refractivity contribution < 1.29 is 22.8 Å². The van der Waals surface area contributed by atoms with Crippen LogP contribution in [-0.2, 0) is 15.8 Å². The molecule has 2 aromatic carbocycles. The quantitative estimate of drug-likeness (QED) is 0.868. The van der Waals surface area contributed by atoms with Gasteiger partial charge in [-0.05, 0) is 49.7 Å². The number of aryl methyl sites for hydroxylation is 2. The Labute approximate surface area is 155 Å². The highest BCUT2D eigenvalue weighted by Gasteiger charge is 2.36. The minimum Gasteiger partial charge on any atom is -0.326 e. The van der Waals surface area contributed by atoms with Gasteiger partial charge in [-0.2, -0.15) is 13.2 Å². The summed E-state index contributed by atoms with van der Waals surface area (Å²) < 4.78 is 37.8. The van der Waals surface area contributed by atoms with E-state index < -0.39 is 17.7 Å². The summed E-state index contributed by atoms with van der Waals surface area (Å²) in [6.07, 6.45) is -4.35. The Morgan fingerprint density at radius 2 is 1.78 bits per heavy atom. The number of rotatable bonds is 3. The molecule has 1 aliphatic heterocycles. The lowest BCUT2D eigenvalue weighted by Crippen LogP contribution is -2.28. The van der Waals surface area contributed by atoms with Crippen molar-refractivity contribution in [3.8, 4) is 0 Å². The lowest BCUT2D eigenvalue weighted by molar-refractivity contribution is -0.137. The molecule has 0 aliphatic carbocycles. The Hall–Kier alpha value is -2.83. The average molecular weight is 376 g/mol. The largest absolute Gasteiger partial charge is 0.416 e. The normalized spacial score (nSPS) is 17.3. The molecule has 0 bridgehead atoms. The Morgan fingerprint density at radius 1 is 1.11 bits per heavy atom. The van der Waals surface area contributed by atoms with Crippen LogP contribution in [0.3, 0.4) is 0 Å². The van der Waals surface area contributed by atoms with E-state index in [2.05, 4.69) is 5.32 Å². The third kappa shape index (κ3) is 4.13. The number of amides is 2. The summed E-state index contributed by atoms with van der Waals surface area (Å²) in [6, 6.07) is 9.98. The minimum atomic E-state index is -4.42. The number of nitrogens with zero attached hydrogens (tertiary/aromatic N) is 1. The van der Waals surface area contributed by atoms with Gasteiger partial charge in [-0.25, -0.2) is 0 Å². The van der Waals surface area contributed by atoms with Crippen molar-refractivity contribution in [2.75, 3.05) is 16.8 Å². The summed E-state index contributed by atoms with van der Waals surface area (Å²) in [5, 5.41) is 2.59. The SMILES string of the molecule is Cc1ccc(N2CC(C(=O)Nc3ccc(C(F)(F)F)cc3)CC2=O)c(C)c1. The fraction of sp³-hybridized carbons (Fsp3) is 0.300. The number of carbonyl (C=O) groups is 2. The van der Waals surface area contributed by atoms with Crippen LogP contribution in [0, 0.1) is 19.8 Å². The van der Waals surface area contributed by atoms with Crippen LogP contribution in [0.1, 0.15) is 23.1 Å². The number of nitrogens with one attached hydrogen (secondary N) is 1. The van der Waals surface area contributed by atoms with E-state index in [0.29, 0.717) is 0 Å². The summed E-state index contributed by atoms with van der Waals surface area (Å²) in [7, 11) is 0. The number of hydrogen-bond donors (Lipinski definition) is 1. The molecule has 2 amide bonds. The Bertz CT molecular complexity index is 876. The van der Waals surface area contributed by atoms with Gasteiger partial charge in [-0.1, -0.05) is 17.7 Å². The summed E-state index contributed by atoms with van der Waals surface area (Å²) in [6.45, 7) is 4.11. The summed E-state index contributed by atoms with van der Waals surface area (Å²) >= 11 is 0. The van der Waals surface area contributed by atoms with Crippen LogP contribution in [0.5, 0.6) is 0 Å². The molecule has 0 aromatic heterocycles. The summed E-state index contributed by atoms with van der Waals surface area (Å²) in [5.74, 6) is -1.08. The van der Waals surface area contributed by atoms with Crippen LogP contribution >= 0.6 is 0 Å². The van der Waals surface area contributed by atoms with Gasteiger partial charge >= 0.3 is 6.18 Å².